The van der Waals surface area contributed by atoms with Crippen molar-refractivity contribution in [3.63, 3.8) is 0 Å². The zero-order valence-corrected chi connectivity index (χ0v) is 12.5. The molecule has 3 nitrogen and oxygen atoms in total. The molecular weight excluding hydrogens is 258 g/mol. The Bertz CT molecular complexity index is 459. The van der Waals surface area contributed by atoms with Crippen LogP contribution in [0, 0.1) is 0 Å². The molecule has 1 amide bonds. The number of hydrogen-bond acceptors (Lipinski definition) is 3. The number of ether oxygens (including phenoxy) is 1. The zero-order valence-electron chi connectivity index (χ0n) is 11.6. The number of hydrogen-bond donors (Lipinski definition) is 0. The molecule has 104 valence electrons. The van der Waals surface area contributed by atoms with E-state index in [2.05, 4.69) is 13.0 Å². The Morgan fingerprint density at radius 1 is 1.37 bits per heavy atom. The van der Waals surface area contributed by atoms with Gasteiger partial charge in [-0.25, -0.2) is 0 Å². The Balaban J connectivity index is 1.81. The van der Waals surface area contributed by atoms with Crippen molar-refractivity contribution in [3.05, 3.63) is 21.4 Å². The van der Waals surface area contributed by atoms with Crippen molar-refractivity contribution in [1.29, 1.82) is 0 Å². The second-order valence-corrected chi connectivity index (χ2v) is 6.85. The summed E-state index contributed by atoms with van der Waals surface area (Å²) in [6.07, 6.45) is 4.99. The summed E-state index contributed by atoms with van der Waals surface area (Å²) in [7, 11) is 0. The van der Waals surface area contributed by atoms with Gasteiger partial charge in [-0.2, -0.15) is 0 Å². The summed E-state index contributed by atoms with van der Waals surface area (Å²) in [6.45, 7) is 5.46. The summed E-state index contributed by atoms with van der Waals surface area (Å²) in [5.74, 6) is 0.196. The van der Waals surface area contributed by atoms with Crippen LogP contribution in [0.5, 0.6) is 0 Å². The minimum absolute atomic E-state index is 0.148. The highest BCUT2D eigenvalue weighted by molar-refractivity contribution is 7.14. The minimum atomic E-state index is 0.148. The van der Waals surface area contributed by atoms with Crippen LogP contribution in [0.1, 0.15) is 46.8 Å². The van der Waals surface area contributed by atoms with Crippen molar-refractivity contribution in [3.8, 4) is 0 Å². The molecule has 1 aliphatic carbocycles. The molecule has 2 unspecified atom stereocenters. The van der Waals surface area contributed by atoms with E-state index in [0.29, 0.717) is 13.2 Å². The van der Waals surface area contributed by atoms with E-state index in [9.17, 15) is 4.79 Å². The summed E-state index contributed by atoms with van der Waals surface area (Å²) in [5, 5.41) is 0. The first-order valence-corrected chi connectivity index (χ1v) is 8.01. The largest absolute Gasteiger partial charge is 0.375 e. The van der Waals surface area contributed by atoms with Crippen LogP contribution in [0.4, 0.5) is 0 Å². The van der Waals surface area contributed by atoms with E-state index in [1.165, 1.54) is 23.3 Å². The molecule has 4 heteroatoms. The number of morpholine rings is 1. The molecule has 0 N–H and O–H groups in total. The molecule has 2 aliphatic rings. The van der Waals surface area contributed by atoms with Gasteiger partial charge in [-0.15, -0.1) is 11.3 Å². The van der Waals surface area contributed by atoms with E-state index in [1.54, 1.807) is 11.3 Å². The van der Waals surface area contributed by atoms with E-state index >= 15 is 0 Å². The van der Waals surface area contributed by atoms with Gasteiger partial charge in [-0.3, -0.25) is 4.79 Å². The van der Waals surface area contributed by atoms with Gasteiger partial charge in [-0.1, -0.05) is 0 Å². The van der Waals surface area contributed by atoms with Crippen molar-refractivity contribution in [2.45, 2.75) is 51.7 Å². The predicted octanol–water partition coefficient (Wildman–Crippen LogP) is 2.88. The molecule has 0 saturated carbocycles. The fraction of sp³-hybridized carbons (Fsp3) is 0.667. The van der Waals surface area contributed by atoms with E-state index in [-0.39, 0.29) is 18.1 Å². The van der Waals surface area contributed by atoms with Gasteiger partial charge in [0.05, 0.1) is 23.6 Å². The molecule has 19 heavy (non-hydrogen) atoms. The minimum Gasteiger partial charge on any atom is -0.375 e. The molecule has 1 aliphatic heterocycles. The van der Waals surface area contributed by atoms with Crippen LogP contribution < -0.4 is 0 Å². The Morgan fingerprint density at radius 2 is 2.16 bits per heavy atom. The number of carbonyl (C=O) groups excluding carboxylic acids is 1. The number of fused-ring (bicyclic) bond motifs is 1. The van der Waals surface area contributed by atoms with Crippen molar-refractivity contribution in [2.75, 3.05) is 13.2 Å². The Morgan fingerprint density at radius 3 is 2.95 bits per heavy atom. The molecule has 0 spiro atoms. The standard InChI is InChI=1S/C15H21NO2S/c1-10-9-18-11(2)8-16(10)15(17)14-7-12-5-3-4-6-13(12)19-14/h7,10-11H,3-6,8-9H2,1-2H3. The molecule has 0 aromatic carbocycles. The number of carbonyl (C=O) groups is 1. The maximum Gasteiger partial charge on any atom is 0.264 e. The molecule has 0 bridgehead atoms. The first kappa shape index (κ1) is 13.1. The van der Waals surface area contributed by atoms with Gasteiger partial charge < -0.3 is 9.64 Å². The van der Waals surface area contributed by atoms with Gasteiger partial charge in [0.25, 0.3) is 5.91 Å². The third-order valence-corrected chi connectivity index (χ3v) is 5.30. The van der Waals surface area contributed by atoms with Gasteiger partial charge in [0.1, 0.15) is 0 Å². The Kier molecular flexibility index (Phi) is 3.63. The SMILES string of the molecule is CC1CN(C(=O)c2cc3c(s2)CCCC3)C(C)CO1. The van der Waals surface area contributed by atoms with Crippen LogP contribution in [-0.2, 0) is 17.6 Å². The van der Waals surface area contributed by atoms with Gasteiger partial charge in [0.2, 0.25) is 0 Å². The number of aryl methyl sites for hydroxylation is 2. The number of thiophene rings is 1. The fourth-order valence-corrected chi connectivity index (χ4v) is 4.13. The summed E-state index contributed by atoms with van der Waals surface area (Å²) >= 11 is 1.71. The van der Waals surface area contributed by atoms with Gasteiger partial charge in [0, 0.05) is 11.4 Å². The number of rotatable bonds is 1. The van der Waals surface area contributed by atoms with Gasteiger partial charge in [-0.05, 0) is 51.2 Å². The second kappa shape index (κ2) is 5.25. The van der Waals surface area contributed by atoms with Crippen LogP contribution in [0.15, 0.2) is 6.07 Å². The molecule has 1 aromatic heterocycles. The average molecular weight is 279 g/mol. The molecule has 2 atom stereocenters. The smallest absolute Gasteiger partial charge is 0.264 e. The summed E-state index contributed by atoms with van der Waals surface area (Å²) in [5.41, 5.74) is 1.41. The summed E-state index contributed by atoms with van der Waals surface area (Å²) in [6, 6.07) is 2.32. The van der Waals surface area contributed by atoms with Crippen LogP contribution in [0.25, 0.3) is 0 Å². The molecule has 1 saturated heterocycles. The molecule has 2 heterocycles. The molecular formula is C15H21NO2S. The maximum absolute atomic E-state index is 12.7. The highest BCUT2D eigenvalue weighted by atomic mass is 32.1. The van der Waals surface area contributed by atoms with Crippen LogP contribution >= 0.6 is 11.3 Å². The van der Waals surface area contributed by atoms with E-state index in [0.717, 1.165) is 17.7 Å². The normalized spacial score (nSPS) is 27.2. The molecule has 0 radical (unpaired) electrons. The first-order valence-electron chi connectivity index (χ1n) is 7.19. The lowest BCUT2D eigenvalue weighted by Crippen LogP contribution is -2.50. The molecule has 1 fully saturated rings. The van der Waals surface area contributed by atoms with E-state index in [1.807, 2.05) is 11.8 Å². The molecule has 3 rings (SSSR count). The maximum atomic E-state index is 12.7. The van der Waals surface area contributed by atoms with Crippen LogP contribution in [0.3, 0.4) is 0 Å². The van der Waals surface area contributed by atoms with Crippen molar-refractivity contribution < 1.29 is 9.53 Å². The lowest BCUT2D eigenvalue weighted by Gasteiger charge is -2.36. The highest BCUT2D eigenvalue weighted by Crippen LogP contribution is 2.31. The third kappa shape index (κ3) is 2.56. The highest BCUT2D eigenvalue weighted by Gasteiger charge is 2.29. The second-order valence-electron chi connectivity index (χ2n) is 5.72. The monoisotopic (exact) mass is 279 g/mol. The first-order chi connectivity index (χ1) is 9.15. The third-order valence-electron chi connectivity index (χ3n) is 4.08. The van der Waals surface area contributed by atoms with Crippen molar-refractivity contribution in [2.24, 2.45) is 0 Å². The van der Waals surface area contributed by atoms with E-state index in [4.69, 9.17) is 4.74 Å². The quantitative estimate of drug-likeness (QED) is 0.791. The average Bonchev–Trinajstić information content (AvgIpc) is 2.84. The Hall–Kier alpha value is -0.870. The van der Waals surface area contributed by atoms with Crippen LogP contribution in [-0.4, -0.2) is 36.1 Å². The van der Waals surface area contributed by atoms with Gasteiger partial charge >= 0.3 is 0 Å². The van der Waals surface area contributed by atoms with Crippen molar-refractivity contribution in [1.82, 2.24) is 4.90 Å². The Labute approximate surface area is 118 Å². The predicted molar refractivity (Wildman–Crippen MR) is 76.9 cm³/mol. The van der Waals surface area contributed by atoms with Gasteiger partial charge in [0.15, 0.2) is 0 Å². The number of amides is 1. The van der Waals surface area contributed by atoms with E-state index < -0.39 is 0 Å². The lowest BCUT2D eigenvalue weighted by atomic mass is 9.99. The fourth-order valence-electron chi connectivity index (χ4n) is 2.92. The number of nitrogens with zero attached hydrogens (tertiary/aromatic N) is 1. The summed E-state index contributed by atoms with van der Waals surface area (Å²) < 4.78 is 5.60. The summed E-state index contributed by atoms with van der Waals surface area (Å²) in [4.78, 5) is 17.0. The zero-order chi connectivity index (χ0) is 13.4. The molecule has 1 aromatic rings. The lowest BCUT2D eigenvalue weighted by molar-refractivity contribution is -0.0385. The topological polar surface area (TPSA) is 29.5 Å². The van der Waals surface area contributed by atoms with Crippen LogP contribution in [0.2, 0.25) is 0 Å². The van der Waals surface area contributed by atoms with Crippen molar-refractivity contribution >= 4 is 17.2 Å².